The third kappa shape index (κ3) is 3.75. The Kier molecular flexibility index (Phi) is 4.97. The molecule has 2 aliphatic carbocycles. The number of carbonyl (C=O) groups is 2. The molecule has 2 bridgehead atoms. The lowest BCUT2D eigenvalue weighted by Gasteiger charge is -2.28. The molecule has 4 rings (SSSR count). The first kappa shape index (κ1) is 17.8. The first-order valence-corrected chi connectivity index (χ1v) is 9.66. The molecule has 0 aliphatic heterocycles. The monoisotopic (exact) mass is 367 g/mol. The van der Waals surface area contributed by atoms with Gasteiger partial charge in [-0.15, -0.1) is 0 Å². The van der Waals surface area contributed by atoms with Crippen LogP contribution >= 0.6 is 0 Å². The van der Waals surface area contributed by atoms with Crippen LogP contribution in [-0.2, 0) is 9.53 Å². The van der Waals surface area contributed by atoms with Crippen molar-refractivity contribution in [3.05, 3.63) is 48.5 Å². The number of hydrogen-bond acceptors (Lipinski definition) is 4. The molecule has 1 aromatic heterocycles. The number of amides is 1. The SMILES string of the molecule is CC(NC(=O)COC(=O)c1cncn1-c1ccccc1)C1CC2CCC1C2. The summed E-state index contributed by atoms with van der Waals surface area (Å²) in [7, 11) is 0. The number of nitrogens with one attached hydrogen (secondary N) is 1. The van der Waals surface area contributed by atoms with Gasteiger partial charge in [0, 0.05) is 11.7 Å². The summed E-state index contributed by atoms with van der Waals surface area (Å²) in [4.78, 5) is 28.7. The molecule has 6 heteroatoms. The fourth-order valence-electron chi connectivity index (χ4n) is 4.75. The molecule has 2 saturated carbocycles. The van der Waals surface area contributed by atoms with E-state index in [1.165, 1.54) is 31.9 Å². The molecule has 2 fully saturated rings. The highest BCUT2D eigenvalue weighted by molar-refractivity contribution is 5.90. The van der Waals surface area contributed by atoms with Gasteiger partial charge in [-0.2, -0.15) is 0 Å². The fourth-order valence-corrected chi connectivity index (χ4v) is 4.75. The van der Waals surface area contributed by atoms with Crippen LogP contribution in [0.1, 0.15) is 43.1 Å². The molecule has 4 atom stereocenters. The number of ether oxygens (including phenoxy) is 1. The van der Waals surface area contributed by atoms with Crippen molar-refractivity contribution >= 4 is 11.9 Å². The Morgan fingerprint density at radius 1 is 1.26 bits per heavy atom. The van der Waals surface area contributed by atoms with E-state index < -0.39 is 5.97 Å². The highest BCUT2D eigenvalue weighted by Gasteiger charge is 2.42. The van der Waals surface area contributed by atoms with Gasteiger partial charge in [0.1, 0.15) is 0 Å². The van der Waals surface area contributed by atoms with Gasteiger partial charge in [0.05, 0.1) is 12.5 Å². The average Bonchev–Trinajstić information content (AvgIpc) is 3.43. The molecular formula is C21H25N3O3. The number of esters is 1. The molecule has 1 heterocycles. The number of imidazole rings is 1. The van der Waals surface area contributed by atoms with E-state index in [0.29, 0.717) is 11.6 Å². The van der Waals surface area contributed by atoms with Crippen LogP contribution in [0, 0.1) is 17.8 Å². The largest absolute Gasteiger partial charge is 0.451 e. The topological polar surface area (TPSA) is 73.2 Å². The smallest absolute Gasteiger partial charge is 0.357 e. The predicted octanol–water partition coefficient (Wildman–Crippen LogP) is 2.97. The maximum atomic E-state index is 12.4. The lowest BCUT2D eigenvalue weighted by molar-refractivity contribution is -0.125. The van der Waals surface area contributed by atoms with E-state index in [0.717, 1.165) is 17.5 Å². The number of nitrogens with zero attached hydrogens (tertiary/aromatic N) is 2. The predicted molar refractivity (Wildman–Crippen MR) is 100 cm³/mol. The second-order valence-corrected chi connectivity index (χ2v) is 7.76. The van der Waals surface area contributed by atoms with Crippen molar-refractivity contribution in [3.8, 4) is 5.69 Å². The first-order chi connectivity index (χ1) is 13.1. The van der Waals surface area contributed by atoms with Crippen LogP contribution in [0.5, 0.6) is 0 Å². The Hall–Kier alpha value is -2.63. The summed E-state index contributed by atoms with van der Waals surface area (Å²) in [6, 6.07) is 9.55. The number of carbonyl (C=O) groups excluding carboxylic acids is 2. The van der Waals surface area contributed by atoms with Gasteiger partial charge in [-0.05, 0) is 56.1 Å². The molecular weight excluding hydrogens is 342 g/mol. The van der Waals surface area contributed by atoms with E-state index in [9.17, 15) is 9.59 Å². The zero-order chi connectivity index (χ0) is 18.8. The Balaban J connectivity index is 1.31. The maximum Gasteiger partial charge on any atom is 0.357 e. The van der Waals surface area contributed by atoms with Crippen molar-refractivity contribution < 1.29 is 14.3 Å². The van der Waals surface area contributed by atoms with E-state index in [2.05, 4.69) is 17.2 Å². The van der Waals surface area contributed by atoms with Crippen LogP contribution in [0.15, 0.2) is 42.9 Å². The number of hydrogen-bond donors (Lipinski definition) is 1. The summed E-state index contributed by atoms with van der Waals surface area (Å²) < 4.78 is 6.87. The summed E-state index contributed by atoms with van der Waals surface area (Å²) in [5.74, 6) is 1.34. The molecule has 2 aliphatic rings. The second-order valence-electron chi connectivity index (χ2n) is 7.76. The van der Waals surface area contributed by atoms with Crippen molar-refractivity contribution in [1.82, 2.24) is 14.9 Å². The average molecular weight is 367 g/mol. The Labute approximate surface area is 158 Å². The van der Waals surface area contributed by atoms with Gasteiger partial charge in [-0.1, -0.05) is 24.6 Å². The van der Waals surface area contributed by atoms with Crippen LogP contribution < -0.4 is 5.32 Å². The molecule has 4 unspecified atom stereocenters. The van der Waals surface area contributed by atoms with E-state index >= 15 is 0 Å². The van der Waals surface area contributed by atoms with Gasteiger partial charge in [0.25, 0.3) is 5.91 Å². The van der Waals surface area contributed by atoms with Gasteiger partial charge >= 0.3 is 5.97 Å². The van der Waals surface area contributed by atoms with Crippen LogP contribution in [0.3, 0.4) is 0 Å². The summed E-state index contributed by atoms with van der Waals surface area (Å²) >= 11 is 0. The third-order valence-corrected chi connectivity index (χ3v) is 6.04. The Bertz CT molecular complexity index is 817. The number of para-hydroxylation sites is 1. The molecule has 1 amide bonds. The number of benzene rings is 1. The highest BCUT2D eigenvalue weighted by Crippen LogP contribution is 2.49. The van der Waals surface area contributed by atoms with Crippen molar-refractivity contribution in [2.45, 2.75) is 38.6 Å². The molecule has 1 aromatic carbocycles. The molecule has 1 N–H and O–H groups in total. The molecule has 2 aromatic rings. The summed E-state index contributed by atoms with van der Waals surface area (Å²) in [6.07, 6.45) is 8.16. The quantitative estimate of drug-likeness (QED) is 0.797. The molecule has 0 saturated heterocycles. The molecule has 142 valence electrons. The van der Waals surface area contributed by atoms with E-state index in [1.807, 2.05) is 30.3 Å². The van der Waals surface area contributed by atoms with Crippen molar-refractivity contribution in [2.75, 3.05) is 6.61 Å². The molecule has 27 heavy (non-hydrogen) atoms. The zero-order valence-corrected chi connectivity index (χ0v) is 15.5. The van der Waals surface area contributed by atoms with E-state index in [4.69, 9.17) is 4.74 Å². The second kappa shape index (κ2) is 7.55. The van der Waals surface area contributed by atoms with Crippen molar-refractivity contribution in [3.63, 3.8) is 0 Å². The van der Waals surface area contributed by atoms with E-state index in [-0.39, 0.29) is 18.6 Å². The Morgan fingerprint density at radius 3 is 2.78 bits per heavy atom. The fraction of sp³-hybridized carbons (Fsp3) is 0.476. The lowest BCUT2D eigenvalue weighted by atomic mass is 9.84. The van der Waals surface area contributed by atoms with Gasteiger partial charge in [0.15, 0.2) is 12.3 Å². The number of fused-ring (bicyclic) bond motifs is 2. The summed E-state index contributed by atoms with van der Waals surface area (Å²) in [6.45, 7) is 1.79. The zero-order valence-electron chi connectivity index (χ0n) is 15.5. The summed E-state index contributed by atoms with van der Waals surface area (Å²) in [5.41, 5.74) is 1.12. The number of rotatable bonds is 6. The highest BCUT2D eigenvalue weighted by atomic mass is 16.5. The van der Waals surface area contributed by atoms with Crippen LogP contribution in [0.4, 0.5) is 0 Å². The van der Waals surface area contributed by atoms with Crippen molar-refractivity contribution in [1.29, 1.82) is 0 Å². The van der Waals surface area contributed by atoms with Gasteiger partial charge in [0.2, 0.25) is 0 Å². The normalized spacial score (nSPS) is 24.6. The first-order valence-electron chi connectivity index (χ1n) is 9.66. The minimum atomic E-state index is -0.556. The standard InChI is InChI=1S/C21H25N3O3/c1-14(18-10-15-7-8-16(18)9-15)23-20(25)12-27-21(26)19-11-22-13-24(19)17-5-3-2-4-6-17/h2-6,11,13-16,18H,7-10,12H2,1H3,(H,23,25). The van der Waals surface area contributed by atoms with Crippen LogP contribution in [0.25, 0.3) is 5.69 Å². The molecule has 0 spiro atoms. The van der Waals surface area contributed by atoms with Crippen LogP contribution in [0.2, 0.25) is 0 Å². The van der Waals surface area contributed by atoms with Gasteiger partial charge < -0.3 is 10.1 Å². The minimum Gasteiger partial charge on any atom is -0.451 e. The van der Waals surface area contributed by atoms with Gasteiger partial charge in [-0.25, -0.2) is 9.78 Å². The number of aromatic nitrogens is 2. The van der Waals surface area contributed by atoms with Crippen LogP contribution in [-0.4, -0.2) is 34.1 Å². The minimum absolute atomic E-state index is 0.126. The van der Waals surface area contributed by atoms with E-state index in [1.54, 1.807) is 10.9 Å². The Morgan fingerprint density at radius 2 is 2.07 bits per heavy atom. The third-order valence-electron chi connectivity index (χ3n) is 6.04. The maximum absolute atomic E-state index is 12.4. The van der Waals surface area contributed by atoms with Crippen molar-refractivity contribution in [2.24, 2.45) is 17.8 Å². The molecule has 6 nitrogen and oxygen atoms in total. The van der Waals surface area contributed by atoms with Gasteiger partial charge in [-0.3, -0.25) is 9.36 Å². The summed E-state index contributed by atoms with van der Waals surface area (Å²) in [5, 5.41) is 3.02. The molecule has 0 radical (unpaired) electrons. The lowest BCUT2D eigenvalue weighted by Crippen LogP contribution is -2.42.